The Morgan fingerprint density at radius 1 is 1.13 bits per heavy atom. The lowest BCUT2D eigenvalue weighted by molar-refractivity contribution is -0.124. The van der Waals surface area contributed by atoms with Gasteiger partial charge in [-0.3, -0.25) is 4.79 Å². The Bertz CT molecular complexity index is 497. The second-order valence-electron chi connectivity index (χ2n) is 6.07. The molecule has 3 rings (SSSR count). The average molecular weight is 341 g/mol. The first-order chi connectivity index (χ1) is 10.7. The number of rotatable bonds is 6. The molecule has 128 valence electrons. The maximum Gasteiger partial charge on any atom is 0.258 e. The van der Waals surface area contributed by atoms with Gasteiger partial charge in [0.15, 0.2) is 6.61 Å². The smallest absolute Gasteiger partial charge is 0.258 e. The van der Waals surface area contributed by atoms with Crippen molar-refractivity contribution >= 4 is 18.3 Å². The summed E-state index contributed by atoms with van der Waals surface area (Å²) >= 11 is 0. The minimum atomic E-state index is -0.0415. The van der Waals surface area contributed by atoms with Crippen molar-refractivity contribution in [2.45, 2.75) is 50.7 Å². The largest absolute Gasteiger partial charge is 0.494 e. The Kier molecular flexibility index (Phi) is 6.54. The predicted octanol–water partition coefficient (Wildman–Crippen LogP) is 2.29. The summed E-state index contributed by atoms with van der Waals surface area (Å²) < 4.78 is 10.9. The van der Waals surface area contributed by atoms with Crippen LogP contribution >= 0.6 is 12.4 Å². The van der Waals surface area contributed by atoms with Gasteiger partial charge in [-0.2, -0.15) is 0 Å². The van der Waals surface area contributed by atoms with E-state index in [2.05, 4.69) is 10.6 Å². The van der Waals surface area contributed by atoms with Crippen molar-refractivity contribution in [2.24, 2.45) is 0 Å². The molecule has 2 unspecified atom stereocenters. The SMILES string of the molecule is CCOc1ccc(OCC(=O)NC2CC3CCC(C2)N3)cc1.Cl. The number of benzene rings is 1. The summed E-state index contributed by atoms with van der Waals surface area (Å²) in [5.74, 6) is 1.45. The molecule has 2 heterocycles. The number of amides is 1. The van der Waals surface area contributed by atoms with Crippen LogP contribution in [-0.4, -0.2) is 37.2 Å². The second-order valence-corrected chi connectivity index (χ2v) is 6.07. The first-order valence-corrected chi connectivity index (χ1v) is 8.14. The maximum absolute atomic E-state index is 12.0. The average Bonchev–Trinajstić information content (AvgIpc) is 2.86. The molecule has 0 saturated carbocycles. The van der Waals surface area contributed by atoms with Gasteiger partial charge in [0.1, 0.15) is 11.5 Å². The van der Waals surface area contributed by atoms with Crippen LogP contribution in [0, 0.1) is 0 Å². The van der Waals surface area contributed by atoms with Crippen LogP contribution in [0.2, 0.25) is 0 Å². The van der Waals surface area contributed by atoms with Crippen molar-refractivity contribution in [1.29, 1.82) is 0 Å². The molecule has 23 heavy (non-hydrogen) atoms. The van der Waals surface area contributed by atoms with Crippen molar-refractivity contribution in [3.63, 3.8) is 0 Å². The van der Waals surface area contributed by atoms with Gasteiger partial charge >= 0.3 is 0 Å². The minimum absolute atomic E-state index is 0. The molecule has 2 saturated heterocycles. The number of nitrogens with one attached hydrogen (secondary N) is 2. The summed E-state index contributed by atoms with van der Waals surface area (Å²) in [6.45, 7) is 2.65. The third kappa shape index (κ3) is 5.01. The van der Waals surface area contributed by atoms with Gasteiger partial charge in [0, 0.05) is 18.1 Å². The van der Waals surface area contributed by atoms with E-state index >= 15 is 0 Å². The van der Waals surface area contributed by atoms with Gasteiger partial charge in [0.05, 0.1) is 6.61 Å². The molecular weight excluding hydrogens is 316 g/mol. The minimum Gasteiger partial charge on any atom is -0.494 e. The lowest BCUT2D eigenvalue weighted by Crippen LogP contribution is -2.48. The van der Waals surface area contributed by atoms with Gasteiger partial charge < -0.3 is 20.1 Å². The number of fused-ring (bicyclic) bond motifs is 2. The Morgan fingerprint density at radius 3 is 2.26 bits per heavy atom. The standard InChI is InChI=1S/C17H24N2O3.ClH/c1-2-21-15-5-7-16(8-6-15)22-11-17(20)19-14-9-12-3-4-13(10-14)18-12;/h5-8,12-14,18H,2-4,9-11H2,1H3,(H,19,20);1H. The molecule has 1 aromatic rings. The van der Waals surface area contributed by atoms with Gasteiger partial charge in [-0.1, -0.05) is 0 Å². The molecule has 0 spiro atoms. The van der Waals surface area contributed by atoms with E-state index in [0.717, 1.165) is 18.6 Å². The topological polar surface area (TPSA) is 59.6 Å². The number of ether oxygens (including phenoxy) is 2. The van der Waals surface area contributed by atoms with Crippen LogP contribution in [0.15, 0.2) is 24.3 Å². The fraction of sp³-hybridized carbons (Fsp3) is 0.588. The van der Waals surface area contributed by atoms with Crippen molar-refractivity contribution in [3.05, 3.63) is 24.3 Å². The summed E-state index contributed by atoms with van der Waals surface area (Å²) in [5.41, 5.74) is 0. The molecule has 2 N–H and O–H groups in total. The highest BCUT2D eigenvalue weighted by atomic mass is 35.5. The van der Waals surface area contributed by atoms with E-state index in [-0.39, 0.29) is 31.0 Å². The van der Waals surface area contributed by atoms with E-state index in [9.17, 15) is 4.79 Å². The van der Waals surface area contributed by atoms with Gasteiger partial charge in [-0.15, -0.1) is 12.4 Å². The Balaban J connectivity index is 0.00000192. The molecule has 2 fully saturated rings. The normalized spacial score (nSPS) is 25.3. The Labute approximate surface area is 143 Å². The van der Waals surface area contributed by atoms with Gasteiger partial charge in [-0.05, 0) is 56.9 Å². The van der Waals surface area contributed by atoms with Crippen molar-refractivity contribution in [2.75, 3.05) is 13.2 Å². The summed E-state index contributed by atoms with van der Waals surface area (Å²) in [4.78, 5) is 12.0. The highest BCUT2D eigenvalue weighted by Crippen LogP contribution is 2.26. The summed E-state index contributed by atoms with van der Waals surface area (Å²) in [5, 5.41) is 6.67. The Morgan fingerprint density at radius 2 is 1.70 bits per heavy atom. The molecule has 1 aromatic carbocycles. The van der Waals surface area contributed by atoms with Crippen LogP contribution in [0.25, 0.3) is 0 Å². The van der Waals surface area contributed by atoms with Crippen LogP contribution < -0.4 is 20.1 Å². The monoisotopic (exact) mass is 340 g/mol. The highest BCUT2D eigenvalue weighted by Gasteiger charge is 2.33. The number of piperidine rings is 1. The van der Waals surface area contributed by atoms with Crippen LogP contribution in [0.4, 0.5) is 0 Å². The first-order valence-electron chi connectivity index (χ1n) is 8.14. The number of halogens is 1. The van der Waals surface area contributed by atoms with Crippen LogP contribution in [0.3, 0.4) is 0 Å². The Hall–Kier alpha value is -1.46. The zero-order valence-corrected chi connectivity index (χ0v) is 14.2. The lowest BCUT2D eigenvalue weighted by atomic mass is 10.00. The molecule has 2 aliphatic heterocycles. The van der Waals surface area contributed by atoms with Gasteiger partial charge in [0.25, 0.3) is 5.91 Å². The molecule has 1 amide bonds. The predicted molar refractivity (Wildman–Crippen MR) is 91.5 cm³/mol. The zero-order valence-electron chi connectivity index (χ0n) is 13.4. The van der Waals surface area contributed by atoms with Crippen LogP contribution in [-0.2, 0) is 4.79 Å². The van der Waals surface area contributed by atoms with Gasteiger partial charge in [0.2, 0.25) is 0 Å². The number of hydrogen-bond acceptors (Lipinski definition) is 4. The van der Waals surface area contributed by atoms with E-state index in [1.54, 1.807) is 0 Å². The molecule has 6 heteroatoms. The first kappa shape index (κ1) is 17.9. The van der Waals surface area contributed by atoms with E-state index in [4.69, 9.17) is 9.47 Å². The highest BCUT2D eigenvalue weighted by molar-refractivity contribution is 5.85. The van der Waals surface area contributed by atoms with Gasteiger partial charge in [-0.25, -0.2) is 0 Å². The number of hydrogen-bond donors (Lipinski definition) is 2. The van der Waals surface area contributed by atoms with E-state index in [0.29, 0.717) is 24.4 Å². The fourth-order valence-corrected chi connectivity index (χ4v) is 3.39. The summed E-state index contributed by atoms with van der Waals surface area (Å²) in [6.07, 6.45) is 4.54. The molecule has 0 aliphatic carbocycles. The molecule has 2 aliphatic rings. The molecule has 0 aromatic heterocycles. The van der Waals surface area contributed by atoms with E-state index in [1.165, 1.54) is 12.8 Å². The van der Waals surface area contributed by atoms with Crippen molar-refractivity contribution in [3.8, 4) is 11.5 Å². The van der Waals surface area contributed by atoms with Crippen LogP contribution in [0.5, 0.6) is 11.5 Å². The lowest BCUT2D eigenvalue weighted by Gasteiger charge is -2.29. The maximum atomic E-state index is 12.0. The fourth-order valence-electron chi connectivity index (χ4n) is 3.39. The molecule has 5 nitrogen and oxygen atoms in total. The third-order valence-electron chi connectivity index (χ3n) is 4.34. The van der Waals surface area contributed by atoms with E-state index < -0.39 is 0 Å². The van der Waals surface area contributed by atoms with Crippen molar-refractivity contribution < 1.29 is 14.3 Å². The van der Waals surface area contributed by atoms with Crippen LogP contribution in [0.1, 0.15) is 32.6 Å². The van der Waals surface area contributed by atoms with Crippen molar-refractivity contribution in [1.82, 2.24) is 10.6 Å². The second kappa shape index (κ2) is 8.41. The molecule has 2 atom stereocenters. The molecule has 2 bridgehead atoms. The zero-order chi connectivity index (χ0) is 15.4. The molecular formula is C17H25ClN2O3. The third-order valence-corrected chi connectivity index (χ3v) is 4.34. The summed E-state index contributed by atoms with van der Waals surface area (Å²) in [7, 11) is 0. The number of carbonyl (C=O) groups excluding carboxylic acids is 1. The number of carbonyl (C=O) groups is 1. The van der Waals surface area contributed by atoms with E-state index in [1.807, 2.05) is 31.2 Å². The summed E-state index contributed by atoms with van der Waals surface area (Å²) in [6, 6.07) is 8.79. The molecule has 0 radical (unpaired) electrons. The quantitative estimate of drug-likeness (QED) is 0.834.